The number of carbonyl (C=O) groups is 2. The summed E-state index contributed by atoms with van der Waals surface area (Å²) >= 11 is 5.93. The lowest BCUT2D eigenvalue weighted by Gasteiger charge is -2.28. The van der Waals surface area contributed by atoms with Gasteiger partial charge in [-0.15, -0.1) is 0 Å². The summed E-state index contributed by atoms with van der Waals surface area (Å²) in [5, 5.41) is 3.37. The molecule has 1 aliphatic rings. The molecule has 5 heteroatoms. The molecule has 0 aliphatic carbocycles. The minimum absolute atomic E-state index is 0.412. The topological polar surface area (TPSA) is 49.4 Å². The fraction of sp³-hybridized carbons (Fsp3) is 0.263. The van der Waals surface area contributed by atoms with Crippen LogP contribution in [-0.4, -0.2) is 29.8 Å². The van der Waals surface area contributed by atoms with Gasteiger partial charge in [0.25, 0.3) is 0 Å². The number of halogens is 1. The summed E-state index contributed by atoms with van der Waals surface area (Å²) in [7, 11) is 0. The molecule has 2 aromatic rings. The van der Waals surface area contributed by atoms with Gasteiger partial charge in [0.05, 0.1) is 0 Å². The summed E-state index contributed by atoms with van der Waals surface area (Å²) in [6.45, 7) is 1.49. The summed E-state index contributed by atoms with van der Waals surface area (Å²) in [6, 6.07) is 15.5. The average Bonchev–Trinajstić information content (AvgIpc) is 2.60. The molecule has 0 saturated carbocycles. The maximum atomic E-state index is 12.3. The Bertz CT molecular complexity index is 761. The van der Waals surface area contributed by atoms with Crippen molar-refractivity contribution >= 4 is 23.4 Å². The molecule has 3 rings (SSSR count). The molecule has 24 heavy (non-hydrogen) atoms. The Labute approximate surface area is 146 Å². The van der Waals surface area contributed by atoms with E-state index < -0.39 is 11.8 Å². The number of hydrogen-bond acceptors (Lipinski definition) is 2. The molecule has 1 aliphatic heterocycles. The molecule has 0 aromatic heterocycles. The predicted molar refractivity (Wildman–Crippen MR) is 93.7 cm³/mol. The Balaban J connectivity index is 1.51. The highest BCUT2D eigenvalue weighted by molar-refractivity contribution is 6.35. The Kier molecular flexibility index (Phi) is 5.16. The van der Waals surface area contributed by atoms with Gasteiger partial charge in [-0.25, -0.2) is 0 Å². The van der Waals surface area contributed by atoms with E-state index in [0.29, 0.717) is 31.1 Å². The number of amides is 2. The Morgan fingerprint density at radius 1 is 1.08 bits per heavy atom. The Hall–Kier alpha value is -2.33. The number of benzene rings is 2. The van der Waals surface area contributed by atoms with Gasteiger partial charge in [-0.2, -0.15) is 0 Å². The summed E-state index contributed by atoms with van der Waals surface area (Å²) in [5.41, 5.74) is 3.40. The normalized spacial score (nSPS) is 13.3. The summed E-state index contributed by atoms with van der Waals surface area (Å²) < 4.78 is 0. The van der Waals surface area contributed by atoms with Crippen LogP contribution in [0.15, 0.2) is 48.5 Å². The van der Waals surface area contributed by atoms with E-state index in [1.807, 2.05) is 36.4 Å². The van der Waals surface area contributed by atoms with Crippen molar-refractivity contribution in [1.29, 1.82) is 0 Å². The van der Waals surface area contributed by atoms with Gasteiger partial charge in [0, 0.05) is 24.7 Å². The number of nitrogens with one attached hydrogen (secondary N) is 1. The third-order valence-corrected chi connectivity index (χ3v) is 4.44. The maximum absolute atomic E-state index is 12.3. The van der Waals surface area contributed by atoms with Crippen LogP contribution in [0, 0.1) is 0 Å². The van der Waals surface area contributed by atoms with E-state index in [2.05, 4.69) is 11.4 Å². The van der Waals surface area contributed by atoms with E-state index in [9.17, 15) is 9.59 Å². The molecule has 0 saturated heterocycles. The zero-order valence-corrected chi connectivity index (χ0v) is 14.1. The summed E-state index contributed by atoms with van der Waals surface area (Å²) in [4.78, 5) is 26.0. The molecule has 2 aromatic carbocycles. The smallest absolute Gasteiger partial charge is 0.312 e. The molecule has 0 fully saturated rings. The van der Waals surface area contributed by atoms with Gasteiger partial charge in [-0.1, -0.05) is 48.0 Å². The van der Waals surface area contributed by atoms with Crippen LogP contribution in [0.25, 0.3) is 0 Å². The van der Waals surface area contributed by atoms with Crippen LogP contribution in [0.1, 0.15) is 16.7 Å². The molecular formula is C19H19ClN2O2. The lowest BCUT2D eigenvalue weighted by atomic mass is 10.00. The second-order valence-electron chi connectivity index (χ2n) is 5.88. The highest BCUT2D eigenvalue weighted by Gasteiger charge is 2.25. The monoisotopic (exact) mass is 342 g/mol. The minimum Gasteiger partial charge on any atom is -0.347 e. The number of nitrogens with zero attached hydrogens (tertiary/aromatic N) is 1. The van der Waals surface area contributed by atoms with Gasteiger partial charge in [-0.05, 0) is 41.7 Å². The van der Waals surface area contributed by atoms with Crippen molar-refractivity contribution in [3.05, 3.63) is 70.2 Å². The van der Waals surface area contributed by atoms with Gasteiger partial charge in [-0.3, -0.25) is 9.59 Å². The third kappa shape index (κ3) is 3.95. The number of carbonyl (C=O) groups excluding carboxylic acids is 2. The van der Waals surface area contributed by atoms with Crippen molar-refractivity contribution in [3.8, 4) is 0 Å². The standard InChI is InChI=1S/C19H19ClN2O2/c20-17-7-3-4-14(12-17)8-10-21-18(23)19(24)22-11-9-15-5-1-2-6-16(15)13-22/h1-7,12H,8-11,13H2,(H,21,23). The van der Waals surface area contributed by atoms with Crippen molar-refractivity contribution in [2.24, 2.45) is 0 Å². The Morgan fingerprint density at radius 3 is 2.67 bits per heavy atom. The van der Waals surface area contributed by atoms with E-state index in [1.54, 1.807) is 11.0 Å². The zero-order chi connectivity index (χ0) is 16.9. The number of hydrogen-bond donors (Lipinski definition) is 1. The first kappa shape index (κ1) is 16.5. The molecule has 0 unspecified atom stereocenters. The molecule has 0 atom stereocenters. The van der Waals surface area contributed by atoms with E-state index in [-0.39, 0.29) is 0 Å². The molecule has 124 valence electrons. The first-order valence-electron chi connectivity index (χ1n) is 8.02. The largest absolute Gasteiger partial charge is 0.347 e. The Morgan fingerprint density at radius 2 is 1.88 bits per heavy atom. The first-order valence-corrected chi connectivity index (χ1v) is 8.39. The fourth-order valence-electron chi connectivity index (χ4n) is 2.90. The molecule has 4 nitrogen and oxygen atoms in total. The molecule has 1 heterocycles. The SMILES string of the molecule is O=C(NCCc1cccc(Cl)c1)C(=O)N1CCc2ccccc2C1. The second kappa shape index (κ2) is 7.49. The first-order chi connectivity index (χ1) is 11.6. The number of rotatable bonds is 3. The van der Waals surface area contributed by atoms with Crippen LogP contribution in [0.3, 0.4) is 0 Å². The number of fused-ring (bicyclic) bond motifs is 1. The summed E-state index contributed by atoms with van der Waals surface area (Å²) in [6.07, 6.45) is 1.43. The van der Waals surface area contributed by atoms with E-state index in [0.717, 1.165) is 17.5 Å². The van der Waals surface area contributed by atoms with Crippen LogP contribution >= 0.6 is 11.6 Å². The molecule has 1 N–H and O–H groups in total. The van der Waals surface area contributed by atoms with Crippen molar-refractivity contribution in [1.82, 2.24) is 10.2 Å². The van der Waals surface area contributed by atoms with E-state index in [4.69, 9.17) is 11.6 Å². The van der Waals surface area contributed by atoms with Gasteiger partial charge in [0.15, 0.2) is 0 Å². The maximum Gasteiger partial charge on any atom is 0.312 e. The second-order valence-corrected chi connectivity index (χ2v) is 6.32. The van der Waals surface area contributed by atoms with Crippen LogP contribution in [0.4, 0.5) is 0 Å². The van der Waals surface area contributed by atoms with Crippen molar-refractivity contribution in [2.45, 2.75) is 19.4 Å². The molecule has 0 spiro atoms. The van der Waals surface area contributed by atoms with Crippen molar-refractivity contribution < 1.29 is 9.59 Å². The highest BCUT2D eigenvalue weighted by atomic mass is 35.5. The van der Waals surface area contributed by atoms with Gasteiger partial charge in [0.2, 0.25) is 0 Å². The third-order valence-electron chi connectivity index (χ3n) is 4.20. The van der Waals surface area contributed by atoms with Crippen LogP contribution in [-0.2, 0) is 29.0 Å². The van der Waals surface area contributed by atoms with Crippen molar-refractivity contribution in [3.63, 3.8) is 0 Å². The summed E-state index contributed by atoms with van der Waals surface area (Å²) in [5.74, 6) is -1.01. The van der Waals surface area contributed by atoms with Gasteiger partial charge >= 0.3 is 11.8 Å². The lowest BCUT2D eigenvalue weighted by molar-refractivity contribution is -0.146. The van der Waals surface area contributed by atoms with Crippen LogP contribution in [0.5, 0.6) is 0 Å². The molecule has 0 bridgehead atoms. The van der Waals surface area contributed by atoms with Crippen molar-refractivity contribution in [2.75, 3.05) is 13.1 Å². The van der Waals surface area contributed by atoms with Gasteiger partial charge in [0.1, 0.15) is 0 Å². The molecular weight excluding hydrogens is 324 g/mol. The lowest BCUT2D eigenvalue weighted by Crippen LogP contribution is -2.45. The minimum atomic E-state index is -0.545. The predicted octanol–water partition coefficient (Wildman–Crippen LogP) is 2.58. The van der Waals surface area contributed by atoms with Gasteiger partial charge < -0.3 is 10.2 Å². The highest BCUT2D eigenvalue weighted by Crippen LogP contribution is 2.18. The van der Waals surface area contributed by atoms with Crippen LogP contribution in [0.2, 0.25) is 5.02 Å². The average molecular weight is 343 g/mol. The van der Waals surface area contributed by atoms with E-state index >= 15 is 0 Å². The molecule has 0 radical (unpaired) electrons. The van der Waals surface area contributed by atoms with Crippen LogP contribution < -0.4 is 5.32 Å². The van der Waals surface area contributed by atoms with E-state index in [1.165, 1.54) is 5.56 Å². The molecule has 2 amide bonds. The quantitative estimate of drug-likeness (QED) is 0.872. The zero-order valence-electron chi connectivity index (χ0n) is 13.3. The fourth-order valence-corrected chi connectivity index (χ4v) is 3.11.